The Morgan fingerprint density at radius 1 is 1.00 bits per heavy atom. The molecule has 0 unspecified atom stereocenters. The lowest BCUT2D eigenvalue weighted by Crippen LogP contribution is -2.17. The van der Waals surface area contributed by atoms with Crippen LogP contribution in [0.15, 0.2) is 47.3 Å². The SMILES string of the molecule is CCC.Cn1c(=O)c2ccc(N)cc2c2ccccc21. The van der Waals surface area contributed by atoms with Crippen LogP contribution in [0.2, 0.25) is 0 Å². The first-order valence-electron chi connectivity index (χ1n) is 6.87. The van der Waals surface area contributed by atoms with Gasteiger partial charge in [0.25, 0.3) is 5.56 Å². The van der Waals surface area contributed by atoms with Gasteiger partial charge in [-0.3, -0.25) is 4.79 Å². The minimum atomic E-state index is 0.0127. The van der Waals surface area contributed by atoms with Crippen LogP contribution in [-0.2, 0) is 7.05 Å². The lowest BCUT2D eigenvalue weighted by atomic mass is 10.1. The first-order chi connectivity index (χ1) is 9.60. The number of fused-ring (bicyclic) bond motifs is 3. The Kier molecular flexibility index (Phi) is 4.08. The molecule has 1 heterocycles. The highest BCUT2D eigenvalue weighted by Crippen LogP contribution is 2.23. The van der Waals surface area contributed by atoms with Crippen molar-refractivity contribution >= 4 is 27.4 Å². The fraction of sp³-hybridized carbons (Fsp3) is 0.235. The number of para-hydroxylation sites is 1. The van der Waals surface area contributed by atoms with Crippen molar-refractivity contribution in [3.05, 3.63) is 52.8 Å². The van der Waals surface area contributed by atoms with E-state index in [-0.39, 0.29) is 5.56 Å². The van der Waals surface area contributed by atoms with Crippen molar-refractivity contribution < 1.29 is 0 Å². The van der Waals surface area contributed by atoms with Crippen LogP contribution in [-0.4, -0.2) is 4.57 Å². The molecular formula is C17H20N2O. The Hall–Kier alpha value is -2.29. The van der Waals surface area contributed by atoms with E-state index in [9.17, 15) is 4.79 Å². The number of nitrogens with two attached hydrogens (primary N) is 1. The van der Waals surface area contributed by atoms with Crippen LogP contribution in [0.25, 0.3) is 21.7 Å². The van der Waals surface area contributed by atoms with Crippen molar-refractivity contribution in [2.24, 2.45) is 7.05 Å². The smallest absolute Gasteiger partial charge is 0.258 e. The van der Waals surface area contributed by atoms with Crippen LogP contribution >= 0.6 is 0 Å². The molecule has 0 atom stereocenters. The van der Waals surface area contributed by atoms with Crippen molar-refractivity contribution in [1.29, 1.82) is 0 Å². The molecule has 2 N–H and O–H groups in total. The molecule has 3 aromatic rings. The number of rotatable bonds is 0. The first kappa shape index (κ1) is 14.1. The van der Waals surface area contributed by atoms with Crippen molar-refractivity contribution in [2.75, 3.05) is 5.73 Å². The molecule has 3 heteroatoms. The van der Waals surface area contributed by atoms with E-state index >= 15 is 0 Å². The normalized spacial score (nSPS) is 10.3. The molecule has 0 saturated heterocycles. The molecular weight excluding hydrogens is 248 g/mol. The van der Waals surface area contributed by atoms with Crippen LogP contribution < -0.4 is 11.3 Å². The third kappa shape index (κ3) is 2.39. The highest BCUT2D eigenvalue weighted by molar-refractivity contribution is 6.06. The summed E-state index contributed by atoms with van der Waals surface area (Å²) in [6, 6.07) is 13.3. The molecule has 20 heavy (non-hydrogen) atoms. The van der Waals surface area contributed by atoms with E-state index in [1.807, 2.05) is 30.3 Å². The van der Waals surface area contributed by atoms with Gasteiger partial charge in [0.15, 0.2) is 0 Å². The molecule has 104 valence electrons. The van der Waals surface area contributed by atoms with Crippen LogP contribution in [0.3, 0.4) is 0 Å². The molecule has 3 nitrogen and oxygen atoms in total. The minimum Gasteiger partial charge on any atom is -0.399 e. The summed E-state index contributed by atoms with van der Waals surface area (Å²) in [4.78, 5) is 12.2. The summed E-state index contributed by atoms with van der Waals surface area (Å²) in [6.07, 6.45) is 1.25. The number of nitrogen functional groups attached to an aromatic ring is 1. The third-order valence-electron chi connectivity index (χ3n) is 3.13. The van der Waals surface area contributed by atoms with Gasteiger partial charge in [-0.2, -0.15) is 0 Å². The van der Waals surface area contributed by atoms with Crippen LogP contribution in [0.1, 0.15) is 20.3 Å². The highest BCUT2D eigenvalue weighted by atomic mass is 16.1. The molecule has 2 aromatic carbocycles. The molecule has 3 rings (SSSR count). The summed E-state index contributed by atoms with van der Waals surface area (Å²) >= 11 is 0. The Morgan fingerprint density at radius 3 is 2.35 bits per heavy atom. The number of aromatic nitrogens is 1. The number of benzene rings is 2. The highest BCUT2D eigenvalue weighted by Gasteiger charge is 2.07. The Balaban J connectivity index is 0.000000452. The van der Waals surface area contributed by atoms with Crippen molar-refractivity contribution in [3.63, 3.8) is 0 Å². The van der Waals surface area contributed by atoms with Crippen molar-refractivity contribution in [1.82, 2.24) is 4.57 Å². The van der Waals surface area contributed by atoms with Gasteiger partial charge >= 0.3 is 0 Å². The van der Waals surface area contributed by atoms with Gasteiger partial charge in [0, 0.05) is 23.5 Å². The maximum absolute atomic E-state index is 12.2. The number of pyridine rings is 1. The van der Waals surface area contributed by atoms with Crippen LogP contribution in [0, 0.1) is 0 Å². The summed E-state index contributed by atoms with van der Waals surface area (Å²) in [5.74, 6) is 0. The summed E-state index contributed by atoms with van der Waals surface area (Å²) in [5.41, 5.74) is 7.41. The zero-order valence-corrected chi connectivity index (χ0v) is 12.2. The molecule has 0 amide bonds. The van der Waals surface area contributed by atoms with Gasteiger partial charge in [-0.25, -0.2) is 0 Å². The van der Waals surface area contributed by atoms with Crippen LogP contribution in [0.4, 0.5) is 5.69 Å². The van der Waals surface area contributed by atoms with E-state index in [0.29, 0.717) is 11.1 Å². The van der Waals surface area contributed by atoms with Gasteiger partial charge in [0.2, 0.25) is 0 Å². The van der Waals surface area contributed by atoms with Crippen LogP contribution in [0.5, 0.6) is 0 Å². The Labute approximate surface area is 118 Å². The average molecular weight is 268 g/mol. The van der Waals surface area contributed by atoms with E-state index in [0.717, 1.165) is 16.3 Å². The topological polar surface area (TPSA) is 48.0 Å². The third-order valence-corrected chi connectivity index (χ3v) is 3.13. The first-order valence-corrected chi connectivity index (χ1v) is 6.87. The molecule has 0 aliphatic rings. The molecule has 0 aliphatic carbocycles. The zero-order valence-electron chi connectivity index (χ0n) is 12.2. The quantitative estimate of drug-likeness (QED) is 0.499. The largest absolute Gasteiger partial charge is 0.399 e. The molecule has 0 spiro atoms. The Morgan fingerprint density at radius 2 is 1.65 bits per heavy atom. The van der Waals surface area contributed by atoms with Gasteiger partial charge in [-0.05, 0) is 29.7 Å². The van der Waals surface area contributed by atoms with Gasteiger partial charge < -0.3 is 10.3 Å². The fourth-order valence-corrected chi connectivity index (χ4v) is 2.26. The van der Waals surface area contributed by atoms with Crippen molar-refractivity contribution in [3.8, 4) is 0 Å². The molecule has 0 saturated carbocycles. The lowest BCUT2D eigenvalue weighted by Gasteiger charge is -2.09. The van der Waals surface area contributed by atoms with Gasteiger partial charge in [-0.1, -0.05) is 38.5 Å². The van der Waals surface area contributed by atoms with E-state index in [1.54, 1.807) is 23.7 Å². The number of anilines is 1. The second-order valence-electron chi connectivity index (χ2n) is 4.89. The number of nitrogens with zero attached hydrogens (tertiary/aromatic N) is 1. The fourth-order valence-electron chi connectivity index (χ4n) is 2.26. The van der Waals surface area contributed by atoms with Gasteiger partial charge in [0.1, 0.15) is 0 Å². The molecule has 1 aromatic heterocycles. The van der Waals surface area contributed by atoms with E-state index in [2.05, 4.69) is 13.8 Å². The maximum Gasteiger partial charge on any atom is 0.258 e. The summed E-state index contributed by atoms with van der Waals surface area (Å²) in [6.45, 7) is 4.25. The predicted octanol–water partition coefficient (Wildman–Crippen LogP) is 3.69. The van der Waals surface area contributed by atoms with Crippen molar-refractivity contribution in [2.45, 2.75) is 20.3 Å². The van der Waals surface area contributed by atoms with E-state index < -0.39 is 0 Å². The summed E-state index contributed by atoms with van der Waals surface area (Å²) in [5, 5.41) is 2.68. The number of hydrogen-bond donors (Lipinski definition) is 1. The molecule has 0 bridgehead atoms. The maximum atomic E-state index is 12.2. The van der Waals surface area contributed by atoms with E-state index in [4.69, 9.17) is 5.73 Å². The zero-order chi connectivity index (χ0) is 14.7. The predicted molar refractivity (Wildman–Crippen MR) is 87.1 cm³/mol. The lowest BCUT2D eigenvalue weighted by molar-refractivity contribution is 0.918. The molecule has 0 radical (unpaired) electrons. The number of hydrogen-bond acceptors (Lipinski definition) is 2. The average Bonchev–Trinajstić information content (AvgIpc) is 2.45. The monoisotopic (exact) mass is 268 g/mol. The second kappa shape index (κ2) is 5.78. The summed E-state index contributed by atoms with van der Waals surface area (Å²) in [7, 11) is 1.79. The standard InChI is InChI=1S/C14H12N2O.C3H8/c1-16-13-5-3-2-4-10(13)12-8-9(15)6-7-11(12)14(16)17;1-3-2/h2-8H,15H2,1H3;3H2,1-2H3. The van der Waals surface area contributed by atoms with Gasteiger partial charge in [-0.15, -0.1) is 0 Å². The van der Waals surface area contributed by atoms with Gasteiger partial charge in [0.05, 0.1) is 5.52 Å². The van der Waals surface area contributed by atoms with E-state index in [1.165, 1.54) is 6.42 Å². The summed E-state index contributed by atoms with van der Waals surface area (Å²) < 4.78 is 1.67. The second-order valence-corrected chi connectivity index (χ2v) is 4.89. The minimum absolute atomic E-state index is 0.0127. The Bertz CT molecular complexity index is 803. The number of aryl methyl sites for hydroxylation is 1. The molecule has 0 aliphatic heterocycles. The molecule has 0 fully saturated rings.